The van der Waals surface area contributed by atoms with E-state index in [4.69, 9.17) is 5.14 Å². The van der Waals surface area contributed by atoms with Crippen molar-refractivity contribution in [3.05, 3.63) is 77.4 Å². The van der Waals surface area contributed by atoms with Crippen LogP contribution in [0.3, 0.4) is 0 Å². The minimum atomic E-state index is -4.92. The smallest absolute Gasteiger partial charge is 0.405 e. The third-order valence-corrected chi connectivity index (χ3v) is 6.04. The number of alkyl halides is 3. The van der Waals surface area contributed by atoms with Gasteiger partial charge in [-0.2, -0.15) is 0 Å². The average molecular weight is 507 g/mol. The van der Waals surface area contributed by atoms with Crippen LogP contribution in [-0.4, -0.2) is 26.5 Å². The van der Waals surface area contributed by atoms with Gasteiger partial charge in [0.25, 0.3) is 0 Å². The van der Waals surface area contributed by atoms with Gasteiger partial charge in [0.15, 0.2) is 5.78 Å². The molecule has 35 heavy (non-hydrogen) atoms. The average Bonchev–Trinajstić information content (AvgIpc) is 2.72. The van der Waals surface area contributed by atoms with Gasteiger partial charge in [-0.3, -0.25) is 9.59 Å². The van der Waals surface area contributed by atoms with Crippen LogP contribution in [0.25, 0.3) is 11.1 Å². The van der Waals surface area contributed by atoms with Crippen molar-refractivity contribution in [1.29, 1.82) is 0 Å². The number of rotatable bonds is 7. The van der Waals surface area contributed by atoms with E-state index in [1.54, 1.807) is 6.92 Å². The summed E-state index contributed by atoms with van der Waals surface area (Å²) in [6.07, 6.45) is -5.00. The predicted octanol–water partition coefficient (Wildman–Crippen LogP) is 4.59. The highest BCUT2D eigenvalue weighted by Gasteiger charge is 2.32. The van der Waals surface area contributed by atoms with Crippen molar-refractivity contribution < 1.29 is 35.9 Å². The summed E-state index contributed by atoms with van der Waals surface area (Å²) in [4.78, 5) is 24.6. The van der Waals surface area contributed by atoms with Gasteiger partial charge in [0.05, 0.1) is 4.90 Å². The second-order valence-electron chi connectivity index (χ2n) is 7.73. The zero-order valence-electron chi connectivity index (χ0n) is 18.6. The summed E-state index contributed by atoms with van der Waals surface area (Å²) in [5, 5.41) is 7.71. The van der Waals surface area contributed by atoms with Gasteiger partial charge in [-0.15, -0.1) is 13.2 Å². The molecule has 0 aliphatic carbocycles. The summed E-state index contributed by atoms with van der Waals surface area (Å²) >= 11 is 0. The first-order valence-electron chi connectivity index (χ1n) is 10.2. The molecule has 7 nitrogen and oxygen atoms in total. The van der Waals surface area contributed by atoms with E-state index in [9.17, 15) is 31.2 Å². The van der Waals surface area contributed by atoms with E-state index >= 15 is 0 Å². The number of nitrogens with two attached hydrogens (primary N) is 1. The Bertz CT molecular complexity index is 1400. The molecule has 0 aromatic heterocycles. The van der Waals surface area contributed by atoms with Gasteiger partial charge in [0.1, 0.15) is 5.75 Å². The van der Waals surface area contributed by atoms with E-state index in [1.165, 1.54) is 61.5 Å². The highest BCUT2D eigenvalue weighted by molar-refractivity contribution is 7.89. The maximum absolute atomic E-state index is 12.9. The fraction of sp³-hybridized carbons (Fsp3) is 0.167. The van der Waals surface area contributed by atoms with Crippen molar-refractivity contribution in [3.63, 3.8) is 0 Å². The summed E-state index contributed by atoms with van der Waals surface area (Å²) < 4.78 is 65.9. The number of primary sulfonamides is 1. The van der Waals surface area contributed by atoms with Gasteiger partial charge in [0, 0.05) is 35.7 Å². The molecule has 3 aromatic carbocycles. The minimum absolute atomic E-state index is 0.0502. The number of amides is 1. The molecule has 0 unspecified atom stereocenters. The number of hydrogen-bond donors (Lipinski definition) is 2. The molecule has 0 spiro atoms. The second kappa shape index (κ2) is 9.88. The molecule has 11 heteroatoms. The van der Waals surface area contributed by atoms with E-state index in [0.29, 0.717) is 11.1 Å². The van der Waals surface area contributed by atoms with E-state index in [2.05, 4.69) is 10.1 Å². The van der Waals surface area contributed by atoms with Crippen molar-refractivity contribution >= 4 is 27.4 Å². The number of benzene rings is 3. The zero-order chi connectivity index (χ0) is 26.0. The monoisotopic (exact) mass is 506 g/mol. The lowest BCUT2D eigenvalue weighted by Gasteiger charge is -2.17. The van der Waals surface area contributed by atoms with Crippen LogP contribution in [0.4, 0.5) is 18.9 Å². The van der Waals surface area contributed by atoms with Gasteiger partial charge in [0.2, 0.25) is 15.9 Å². The Balaban J connectivity index is 1.97. The molecule has 3 N–H and O–H groups in total. The van der Waals surface area contributed by atoms with Gasteiger partial charge >= 0.3 is 6.36 Å². The maximum Gasteiger partial charge on any atom is 0.573 e. The lowest BCUT2D eigenvalue weighted by molar-refractivity contribution is -0.274. The van der Waals surface area contributed by atoms with Crippen LogP contribution in [-0.2, 0) is 21.2 Å². The number of halogens is 3. The molecule has 3 aromatic rings. The number of para-hydroxylation sites is 1. The molecule has 0 radical (unpaired) electrons. The molecule has 0 fully saturated rings. The zero-order valence-corrected chi connectivity index (χ0v) is 19.5. The van der Waals surface area contributed by atoms with E-state index in [-0.39, 0.29) is 39.5 Å². The van der Waals surface area contributed by atoms with Crippen LogP contribution in [0.5, 0.6) is 5.75 Å². The topological polar surface area (TPSA) is 116 Å². The second-order valence-corrected chi connectivity index (χ2v) is 9.26. The first-order valence-corrected chi connectivity index (χ1v) is 11.7. The molecule has 1 amide bonds. The number of anilines is 1. The fourth-order valence-corrected chi connectivity index (χ4v) is 4.34. The van der Waals surface area contributed by atoms with Crippen LogP contribution < -0.4 is 15.2 Å². The van der Waals surface area contributed by atoms with E-state index < -0.39 is 28.0 Å². The predicted molar refractivity (Wildman–Crippen MR) is 123 cm³/mol. The van der Waals surface area contributed by atoms with Gasteiger partial charge in [-0.25, -0.2) is 13.6 Å². The molecule has 0 aliphatic heterocycles. The fourth-order valence-electron chi connectivity index (χ4n) is 3.58. The van der Waals surface area contributed by atoms with Crippen LogP contribution in [0.2, 0.25) is 0 Å². The van der Waals surface area contributed by atoms with E-state index in [1.807, 2.05) is 0 Å². The number of sulfonamides is 1. The molecule has 0 saturated carbocycles. The first-order chi connectivity index (χ1) is 16.2. The van der Waals surface area contributed by atoms with Crippen LogP contribution >= 0.6 is 0 Å². The molecule has 0 atom stereocenters. The Morgan fingerprint density at radius 2 is 1.69 bits per heavy atom. The quantitative estimate of drug-likeness (QED) is 0.455. The Morgan fingerprint density at radius 3 is 2.29 bits per heavy atom. The van der Waals surface area contributed by atoms with Crippen LogP contribution in [0.15, 0.2) is 65.6 Å². The summed E-state index contributed by atoms with van der Waals surface area (Å²) in [5.41, 5.74) is 1.54. The van der Waals surface area contributed by atoms with Crippen molar-refractivity contribution in [2.75, 3.05) is 5.32 Å². The lowest BCUT2D eigenvalue weighted by Crippen LogP contribution is -2.17. The largest absolute Gasteiger partial charge is 0.573 e. The van der Waals surface area contributed by atoms with Gasteiger partial charge < -0.3 is 10.1 Å². The molecule has 3 rings (SSSR count). The number of hydrogen-bond acceptors (Lipinski definition) is 5. The Labute approximate surface area is 199 Å². The highest BCUT2D eigenvalue weighted by atomic mass is 32.2. The normalized spacial score (nSPS) is 11.7. The minimum Gasteiger partial charge on any atom is -0.405 e. The molecule has 0 bridgehead atoms. The van der Waals surface area contributed by atoms with E-state index in [0.717, 1.165) is 6.07 Å². The molecule has 0 heterocycles. The highest BCUT2D eigenvalue weighted by Crippen LogP contribution is 2.38. The van der Waals surface area contributed by atoms with Crippen molar-refractivity contribution in [3.8, 4) is 16.9 Å². The Hall–Kier alpha value is -3.70. The number of carbonyl (C=O) groups is 2. The molecule has 0 aliphatic rings. The number of ether oxygens (including phenoxy) is 1. The summed E-state index contributed by atoms with van der Waals surface area (Å²) in [6, 6.07) is 14.0. The van der Waals surface area contributed by atoms with Gasteiger partial charge in [-0.1, -0.05) is 42.5 Å². The molecular weight excluding hydrogens is 485 g/mol. The number of nitrogens with one attached hydrogen (secondary N) is 1. The van der Waals surface area contributed by atoms with Crippen molar-refractivity contribution in [2.45, 2.75) is 31.5 Å². The Kier molecular flexibility index (Phi) is 7.32. The number of Topliss-reactive ketones (excluding diaryl/α,β-unsaturated/α-hetero) is 1. The number of ketones is 1. The number of aryl methyl sites for hydroxylation is 1. The first kappa shape index (κ1) is 25.9. The standard InChI is InChI=1S/C24H21F3N2O5S/c1-14-11-16(7-10-23(14)35(28,32)33)12-21(31)17-8-9-18(20(13-17)29-15(2)30)19-5-3-4-6-22(19)34-24(25,26)27/h3-11,13H,12H2,1-2H3,(H,29,30)(H2,28,32,33). The lowest BCUT2D eigenvalue weighted by atomic mass is 9.96. The molecular formula is C24H21F3N2O5S. The maximum atomic E-state index is 12.9. The molecule has 0 saturated heterocycles. The summed E-state index contributed by atoms with van der Waals surface area (Å²) in [5.74, 6) is -1.30. The SMILES string of the molecule is CC(=O)Nc1cc(C(=O)Cc2ccc(S(N)(=O)=O)c(C)c2)ccc1-c1ccccc1OC(F)(F)F. The van der Waals surface area contributed by atoms with Crippen LogP contribution in [0, 0.1) is 6.92 Å². The molecule has 184 valence electrons. The third kappa shape index (κ3) is 6.67. The number of carbonyl (C=O) groups excluding carboxylic acids is 2. The van der Waals surface area contributed by atoms with Gasteiger partial charge in [-0.05, 0) is 36.2 Å². The summed E-state index contributed by atoms with van der Waals surface area (Å²) in [6.45, 7) is 2.78. The summed E-state index contributed by atoms with van der Waals surface area (Å²) in [7, 11) is -3.90. The van der Waals surface area contributed by atoms with Crippen LogP contribution in [0.1, 0.15) is 28.4 Å². The third-order valence-electron chi connectivity index (χ3n) is 4.97. The van der Waals surface area contributed by atoms with Crippen molar-refractivity contribution in [2.24, 2.45) is 5.14 Å². The van der Waals surface area contributed by atoms with Crippen molar-refractivity contribution in [1.82, 2.24) is 0 Å². The Morgan fingerprint density at radius 1 is 1.00 bits per heavy atom.